The van der Waals surface area contributed by atoms with Gasteiger partial charge in [-0.15, -0.1) is 0 Å². The minimum atomic E-state index is -3.76. The molecule has 0 unspecified atom stereocenters. The maximum Gasteiger partial charge on any atom is 0.251 e. The van der Waals surface area contributed by atoms with Crippen LogP contribution in [0.2, 0.25) is 5.02 Å². The zero-order valence-corrected chi connectivity index (χ0v) is 21.2. The number of hydrogen-bond donors (Lipinski definition) is 2. The van der Waals surface area contributed by atoms with E-state index in [0.717, 1.165) is 32.2 Å². The molecule has 1 heterocycles. The summed E-state index contributed by atoms with van der Waals surface area (Å²) in [6, 6.07) is 27.1. The summed E-state index contributed by atoms with van der Waals surface area (Å²) in [7, 11) is -3.76. The smallest absolute Gasteiger partial charge is 0.251 e. The van der Waals surface area contributed by atoms with Gasteiger partial charge in [0.2, 0.25) is 10.0 Å². The van der Waals surface area contributed by atoms with E-state index in [1.807, 2.05) is 48.5 Å². The van der Waals surface area contributed by atoms with Crippen LogP contribution in [0.1, 0.15) is 27.0 Å². The lowest BCUT2D eigenvalue weighted by Crippen LogP contribution is -2.22. The van der Waals surface area contributed by atoms with Crippen molar-refractivity contribution in [2.75, 3.05) is 0 Å². The molecule has 1 aliphatic heterocycles. The predicted molar refractivity (Wildman–Crippen MR) is 143 cm³/mol. The fourth-order valence-corrected chi connectivity index (χ4v) is 5.44. The number of sulfonamides is 1. The van der Waals surface area contributed by atoms with Crippen molar-refractivity contribution in [3.05, 3.63) is 118 Å². The first-order chi connectivity index (χ1) is 17.3. The van der Waals surface area contributed by atoms with Crippen LogP contribution in [0.25, 0.3) is 0 Å². The van der Waals surface area contributed by atoms with Crippen LogP contribution in [0.5, 0.6) is 0 Å². The van der Waals surface area contributed by atoms with Gasteiger partial charge in [-0.2, -0.15) is 0 Å². The molecule has 4 aromatic rings. The lowest BCUT2D eigenvalue weighted by Gasteiger charge is -2.09. The molecule has 0 atom stereocenters. The normalized spacial score (nSPS) is 12.7. The first-order valence-electron chi connectivity index (χ1n) is 10.9. The van der Waals surface area contributed by atoms with Gasteiger partial charge < -0.3 is 5.32 Å². The number of nitrogens with zero attached hydrogens (tertiary/aromatic N) is 1. The summed E-state index contributed by atoms with van der Waals surface area (Å²) in [6.45, 7) is 0.236. The molecule has 0 bridgehead atoms. The Labute approximate surface area is 218 Å². The van der Waals surface area contributed by atoms with E-state index in [0.29, 0.717) is 16.3 Å². The zero-order valence-electron chi connectivity index (χ0n) is 18.8. The molecule has 3 N–H and O–H groups in total. The minimum Gasteiger partial charge on any atom is -0.348 e. The average Bonchev–Trinajstić information content (AvgIpc) is 3.04. The summed E-state index contributed by atoms with van der Waals surface area (Å²) in [6.07, 6.45) is 0. The van der Waals surface area contributed by atoms with Crippen molar-refractivity contribution in [2.45, 2.75) is 21.2 Å². The second kappa shape index (κ2) is 9.91. The number of benzene rings is 4. The Hall–Kier alpha value is -3.43. The van der Waals surface area contributed by atoms with Crippen LogP contribution in [0.15, 0.2) is 111 Å². The van der Waals surface area contributed by atoms with Crippen LogP contribution in [-0.4, -0.2) is 20.0 Å². The van der Waals surface area contributed by atoms with Gasteiger partial charge in [-0.3, -0.25) is 4.79 Å². The summed E-state index contributed by atoms with van der Waals surface area (Å²) in [4.78, 5) is 19.9. The number of nitrogens with one attached hydrogen (secondary N) is 1. The summed E-state index contributed by atoms with van der Waals surface area (Å²) < 4.78 is 22.9. The molecule has 36 heavy (non-hydrogen) atoms. The van der Waals surface area contributed by atoms with E-state index in [1.165, 1.54) is 12.1 Å². The van der Waals surface area contributed by atoms with E-state index < -0.39 is 10.0 Å². The van der Waals surface area contributed by atoms with Gasteiger partial charge in [0, 0.05) is 38.0 Å². The molecule has 0 saturated heterocycles. The molecule has 1 aliphatic rings. The number of rotatable bonds is 5. The van der Waals surface area contributed by atoms with Gasteiger partial charge in [-0.25, -0.2) is 18.5 Å². The standard InChI is InChI=1S/C27H20ClN3O3S2/c28-20-10-7-18(8-11-20)26-22-3-1-2-4-24(22)35-25-14-9-19(15-23(25)31-26)27(32)30-16-17-5-12-21(13-6-17)36(29,33)34/h1-15H,16H2,(H,30,32)(H2,29,33,34). The first-order valence-corrected chi connectivity index (χ1v) is 13.7. The Kier molecular flexibility index (Phi) is 6.68. The molecule has 5 rings (SSSR count). The van der Waals surface area contributed by atoms with E-state index in [2.05, 4.69) is 11.4 Å². The fraction of sp³-hybridized carbons (Fsp3) is 0.0370. The summed E-state index contributed by atoms with van der Waals surface area (Å²) in [5.74, 6) is -0.261. The monoisotopic (exact) mass is 533 g/mol. The largest absolute Gasteiger partial charge is 0.348 e. The number of halogens is 1. The number of carbonyl (C=O) groups excluding carboxylic acids is 1. The zero-order chi connectivity index (χ0) is 25.3. The molecule has 180 valence electrons. The molecule has 1 amide bonds. The summed E-state index contributed by atoms with van der Waals surface area (Å²) >= 11 is 7.71. The van der Waals surface area contributed by atoms with Gasteiger partial charge in [0.25, 0.3) is 5.91 Å². The lowest BCUT2D eigenvalue weighted by atomic mass is 10.0. The van der Waals surface area contributed by atoms with Crippen molar-refractivity contribution in [2.24, 2.45) is 10.1 Å². The van der Waals surface area contributed by atoms with Gasteiger partial charge in [0.1, 0.15) is 0 Å². The van der Waals surface area contributed by atoms with Gasteiger partial charge in [-0.1, -0.05) is 65.8 Å². The van der Waals surface area contributed by atoms with Crippen LogP contribution in [0.4, 0.5) is 5.69 Å². The number of carbonyl (C=O) groups is 1. The molecule has 4 aromatic carbocycles. The Morgan fingerprint density at radius 2 is 1.64 bits per heavy atom. The molecular formula is C27H20ClN3O3S2. The van der Waals surface area contributed by atoms with E-state index in [1.54, 1.807) is 36.0 Å². The molecule has 0 aliphatic carbocycles. The van der Waals surface area contributed by atoms with Crippen molar-refractivity contribution >= 4 is 50.7 Å². The fourth-order valence-electron chi connectivity index (χ4n) is 3.79. The highest BCUT2D eigenvalue weighted by atomic mass is 35.5. The molecule has 0 saturated carbocycles. The molecule has 9 heteroatoms. The molecule has 0 spiro atoms. The Balaban J connectivity index is 1.43. The molecule has 6 nitrogen and oxygen atoms in total. The van der Waals surface area contributed by atoms with Crippen LogP contribution in [0, 0.1) is 0 Å². The number of primary sulfonamides is 1. The summed E-state index contributed by atoms with van der Waals surface area (Å²) in [5, 5.41) is 8.66. The SMILES string of the molecule is NS(=O)(=O)c1ccc(CNC(=O)c2ccc3c(c2)N=C(c2ccc(Cl)cc2)c2ccccc2S3)cc1. The second-order valence-corrected chi connectivity index (χ2v) is 11.2. The predicted octanol–water partition coefficient (Wildman–Crippen LogP) is 5.55. The van der Waals surface area contributed by atoms with Crippen molar-refractivity contribution < 1.29 is 13.2 Å². The van der Waals surface area contributed by atoms with Gasteiger partial charge in [0.15, 0.2) is 0 Å². The maximum atomic E-state index is 12.9. The Bertz CT molecular complexity index is 1600. The van der Waals surface area contributed by atoms with Crippen molar-refractivity contribution in [3.8, 4) is 0 Å². The van der Waals surface area contributed by atoms with Crippen molar-refractivity contribution in [1.82, 2.24) is 5.32 Å². The number of nitrogens with two attached hydrogens (primary N) is 1. The van der Waals surface area contributed by atoms with Crippen LogP contribution >= 0.6 is 23.4 Å². The molecule has 0 aromatic heterocycles. The highest BCUT2D eigenvalue weighted by Crippen LogP contribution is 2.41. The number of amides is 1. The Morgan fingerprint density at radius 1 is 0.917 bits per heavy atom. The van der Waals surface area contributed by atoms with Crippen LogP contribution < -0.4 is 10.5 Å². The molecular weight excluding hydrogens is 514 g/mol. The first kappa shape index (κ1) is 24.3. The van der Waals surface area contributed by atoms with Gasteiger partial charge >= 0.3 is 0 Å². The second-order valence-electron chi connectivity index (χ2n) is 8.12. The van der Waals surface area contributed by atoms with E-state index in [-0.39, 0.29) is 17.3 Å². The highest BCUT2D eigenvalue weighted by molar-refractivity contribution is 7.99. The van der Waals surface area contributed by atoms with E-state index in [4.69, 9.17) is 21.7 Å². The van der Waals surface area contributed by atoms with Crippen molar-refractivity contribution in [1.29, 1.82) is 0 Å². The number of aliphatic imine (C=N–C) groups is 1. The minimum absolute atomic E-state index is 0.0242. The quantitative estimate of drug-likeness (QED) is 0.309. The third kappa shape index (κ3) is 5.22. The van der Waals surface area contributed by atoms with Gasteiger partial charge in [0.05, 0.1) is 16.3 Å². The topological polar surface area (TPSA) is 102 Å². The maximum absolute atomic E-state index is 12.9. The highest BCUT2D eigenvalue weighted by Gasteiger charge is 2.20. The van der Waals surface area contributed by atoms with Gasteiger partial charge in [-0.05, 0) is 54.1 Å². The summed E-state index contributed by atoms with van der Waals surface area (Å²) in [5.41, 5.74) is 4.67. The lowest BCUT2D eigenvalue weighted by molar-refractivity contribution is 0.0951. The number of fused-ring (bicyclic) bond motifs is 2. The third-order valence-electron chi connectivity index (χ3n) is 5.64. The number of hydrogen-bond acceptors (Lipinski definition) is 5. The van der Waals surface area contributed by atoms with E-state index in [9.17, 15) is 13.2 Å². The molecule has 0 radical (unpaired) electrons. The van der Waals surface area contributed by atoms with Crippen LogP contribution in [0.3, 0.4) is 0 Å². The Morgan fingerprint density at radius 3 is 2.36 bits per heavy atom. The average molecular weight is 534 g/mol. The third-order valence-corrected chi connectivity index (χ3v) is 7.96. The van der Waals surface area contributed by atoms with E-state index >= 15 is 0 Å². The van der Waals surface area contributed by atoms with Crippen LogP contribution in [-0.2, 0) is 16.6 Å². The molecule has 0 fully saturated rings. The van der Waals surface area contributed by atoms with Crippen molar-refractivity contribution in [3.63, 3.8) is 0 Å².